The highest BCUT2D eigenvalue weighted by Crippen LogP contribution is 2.37. The molecule has 11 heteroatoms. The van der Waals surface area contributed by atoms with E-state index in [0.29, 0.717) is 50.3 Å². The van der Waals surface area contributed by atoms with Gasteiger partial charge in [-0.3, -0.25) is 9.59 Å². The van der Waals surface area contributed by atoms with Gasteiger partial charge in [-0.05, 0) is 31.3 Å². The molecule has 0 spiro atoms. The molecule has 2 aliphatic rings. The van der Waals surface area contributed by atoms with Crippen LogP contribution in [-0.2, 0) is 9.59 Å². The van der Waals surface area contributed by atoms with E-state index in [9.17, 15) is 19.6 Å². The number of nitrogens with zero attached hydrogens (tertiary/aromatic N) is 4. The smallest absolute Gasteiger partial charge is 0.313 e. The van der Waals surface area contributed by atoms with Crippen LogP contribution in [0.5, 0.6) is 0 Å². The van der Waals surface area contributed by atoms with Crippen LogP contribution < -0.4 is 21.3 Å². The maximum Gasteiger partial charge on any atom is 0.313 e. The molecule has 1 aromatic rings. The van der Waals surface area contributed by atoms with Gasteiger partial charge < -0.3 is 26.2 Å². The Kier molecular flexibility index (Phi) is 5.69. The molecule has 0 aromatic carbocycles. The maximum atomic E-state index is 13.0. The predicted octanol–water partition coefficient (Wildman–Crippen LogP) is -0.321. The number of carbonyl (C=O) groups excluding carboxylic acids is 3. The van der Waals surface area contributed by atoms with Crippen molar-refractivity contribution >= 4 is 34.4 Å². The number of carbonyl (C=O) groups is 3. The lowest BCUT2D eigenvalue weighted by molar-refractivity contribution is -0.134. The van der Waals surface area contributed by atoms with E-state index in [1.165, 1.54) is 11.5 Å². The predicted molar refractivity (Wildman–Crippen MR) is 103 cm³/mol. The third-order valence-electron chi connectivity index (χ3n) is 5.01. The van der Waals surface area contributed by atoms with E-state index < -0.39 is 11.6 Å². The second-order valence-corrected chi connectivity index (χ2v) is 7.76. The molecule has 1 aliphatic carbocycles. The van der Waals surface area contributed by atoms with Crippen molar-refractivity contribution in [1.82, 2.24) is 19.9 Å². The Hall–Kier alpha value is -2.87. The number of primary amides is 1. The van der Waals surface area contributed by atoms with Crippen LogP contribution in [0, 0.1) is 18.3 Å². The summed E-state index contributed by atoms with van der Waals surface area (Å²) in [6.07, 6.45) is 1.27. The van der Waals surface area contributed by atoms with Gasteiger partial charge in [0.15, 0.2) is 0 Å². The van der Waals surface area contributed by atoms with Gasteiger partial charge in [0, 0.05) is 39.1 Å². The summed E-state index contributed by atoms with van der Waals surface area (Å²) >= 11 is 1.24. The van der Waals surface area contributed by atoms with Crippen LogP contribution in [0.2, 0.25) is 0 Å². The Morgan fingerprint density at radius 2 is 2.07 bits per heavy atom. The molecule has 0 radical (unpaired) electrons. The second kappa shape index (κ2) is 8.02. The first-order valence-corrected chi connectivity index (χ1v) is 9.88. The van der Waals surface area contributed by atoms with Gasteiger partial charge in [-0.1, -0.05) is 0 Å². The van der Waals surface area contributed by atoms with E-state index in [1.807, 2.05) is 4.90 Å². The molecular formula is C17H23N7O3S. The van der Waals surface area contributed by atoms with Gasteiger partial charge in [0.1, 0.15) is 22.2 Å². The van der Waals surface area contributed by atoms with Crippen LogP contribution in [0.1, 0.15) is 30.5 Å². The van der Waals surface area contributed by atoms with Gasteiger partial charge in [0.05, 0.1) is 5.69 Å². The zero-order valence-corrected chi connectivity index (χ0v) is 16.5. The van der Waals surface area contributed by atoms with Crippen LogP contribution >= 0.6 is 11.5 Å². The fraction of sp³-hybridized carbons (Fsp3) is 0.588. The first-order chi connectivity index (χ1) is 13.4. The summed E-state index contributed by atoms with van der Waals surface area (Å²) in [4.78, 5) is 39.9. The Labute approximate surface area is 166 Å². The lowest BCUT2D eigenvalue weighted by Crippen LogP contribution is -2.54. The molecule has 0 unspecified atom stereocenters. The Morgan fingerprint density at radius 1 is 1.32 bits per heavy atom. The minimum atomic E-state index is -0.948. The summed E-state index contributed by atoms with van der Waals surface area (Å²) in [5, 5.41) is 15.5. The average molecular weight is 405 g/mol. The Morgan fingerprint density at radius 3 is 2.71 bits per heavy atom. The number of urea groups is 1. The lowest BCUT2D eigenvalue weighted by atomic mass is 10.2. The maximum absolute atomic E-state index is 13.0. The first kappa shape index (κ1) is 19.9. The Balaban J connectivity index is 1.79. The van der Waals surface area contributed by atoms with E-state index in [0.717, 1.165) is 5.00 Å². The van der Waals surface area contributed by atoms with Crippen molar-refractivity contribution in [3.63, 3.8) is 0 Å². The van der Waals surface area contributed by atoms with Crippen LogP contribution in [-0.4, -0.2) is 65.4 Å². The number of amides is 4. The Bertz CT molecular complexity index is 827. The van der Waals surface area contributed by atoms with Gasteiger partial charge in [-0.25, -0.2) is 4.79 Å². The highest BCUT2D eigenvalue weighted by Gasteiger charge is 2.52. The quantitative estimate of drug-likeness (QED) is 0.628. The number of aromatic nitrogens is 1. The fourth-order valence-corrected chi connectivity index (χ4v) is 4.18. The number of hydrogen-bond acceptors (Lipinski definition) is 7. The highest BCUT2D eigenvalue weighted by atomic mass is 32.1. The van der Waals surface area contributed by atoms with Crippen molar-refractivity contribution in [1.29, 1.82) is 5.26 Å². The molecule has 28 heavy (non-hydrogen) atoms. The molecule has 2 fully saturated rings. The molecular weight excluding hydrogens is 382 g/mol. The molecule has 3 rings (SSSR count). The van der Waals surface area contributed by atoms with Crippen LogP contribution in [0.15, 0.2) is 0 Å². The average Bonchev–Trinajstić information content (AvgIpc) is 3.33. The van der Waals surface area contributed by atoms with Crippen LogP contribution in [0.4, 0.5) is 9.80 Å². The molecule has 4 amide bonds. The monoisotopic (exact) mass is 405 g/mol. The minimum absolute atomic E-state index is 0.145. The highest BCUT2D eigenvalue weighted by molar-refractivity contribution is 7.10. The standard InChI is InChI=1S/C17H23N7O3S/c1-11-12(10-18)14(28-22-11)23-7-5-20-13(25)2-6-24(9-8-23)15(26)17(3-4-17)21-16(19)27/h2-9H2,1H3,(H,20,25)(H3,19,21,27). The summed E-state index contributed by atoms with van der Waals surface area (Å²) in [6, 6.07) is 1.45. The van der Waals surface area contributed by atoms with Crippen molar-refractivity contribution in [2.45, 2.75) is 31.7 Å². The molecule has 150 valence electrons. The largest absolute Gasteiger partial charge is 0.358 e. The third kappa shape index (κ3) is 4.17. The number of rotatable bonds is 3. The van der Waals surface area contributed by atoms with Crippen LogP contribution in [0.3, 0.4) is 0 Å². The summed E-state index contributed by atoms with van der Waals surface area (Å²) in [5.74, 6) is -0.367. The minimum Gasteiger partial charge on any atom is -0.358 e. The molecule has 0 atom stereocenters. The molecule has 1 aromatic heterocycles. The number of aryl methyl sites for hydroxylation is 1. The van der Waals surface area contributed by atoms with Crippen molar-refractivity contribution in [3.8, 4) is 6.07 Å². The van der Waals surface area contributed by atoms with Crippen molar-refractivity contribution in [3.05, 3.63) is 11.3 Å². The van der Waals surface area contributed by atoms with Crippen molar-refractivity contribution in [2.75, 3.05) is 37.6 Å². The van der Waals surface area contributed by atoms with E-state index >= 15 is 0 Å². The normalized spacial score (nSPS) is 19.4. The van der Waals surface area contributed by atoms with Crippen molar-refractivity contribution in [2.24, 2.45) is 5.73 Å². The lowest BCUT2D eigenvalue weighted by Gasteiger charge is -2.32. The number of anilines is 1. The topological polar surface area (TPSA) is 144 Å². The van der Waals surface area contributed by atoms with Gasteiger partial charge in [0.25, 0.3) is 0 Å². The van der Waals surface area contributed by atoms with Gasteiger partial charge in [0.2, 0.25) is 11.8 Å². The summed E-state index contributed by atoms with van der Waals surface area (Å²) in [6.45, 7) is 3.86. The number of hydrogen-bond donors (Lipinski definition) is 3. The van der Waals surface area contributed by atoms with Crippen molar-refractivity contribution < 1.29 is 14.4 Å². The summed E-state index contributed by atoms with van der Waals surface area (Å²) in [7, 11) is 0. The summed E-state index contributed by atoms with van der Waals surface area (Å²) < 4.78 is 4.26. The molecule has 4 N–H and O–H groups in total. The fourth-order valence-electron chi connectivity index (χ4n) is 3.28. The van der Waals surface area contributed by atoms with E-state index in [-0.39, 0.29) is 24.8 Å². The van der Waals surface area contributed by atoms with E-state index in [4.69, 9.17) is 5.73 Å². The number of nitriles is 1. The SMILES string of the molecule is Cc1nsc(N2CCNC(=O)CCN(C(=O)C3(NC(N)=O)CC3)CC2)c1C#N. The molecule has 2 heterocycles. The second-order valence-electron chi connectivity index (χ2n) is 7.01. The molecule has 1 aliphatic heterocycles. The van der Waals surface area contributed by atoms with E-state index in [2.05, 4.69) is 21.1 Å². The molecule has 10 nitrogen and oxygen atoms in total. The third-order valence-corrected chi connectivity index (χ3v) is 6.01. The zero-order chi connectivity index (χ0) is 20.3. The zero-order valence-electron chi connectivity index (χ0n) is 15.7. The number of nitrogens with one attached hydrogen (secondary N) is 2. The first-order valence-electron chi connectivity index (χ1n) is 9.11. The molecule has 0 bridgehead atoms. The van der Waals surface area contributed by atoms with Gasteiger partial charge in [-0.15, -0.1) is 0 Å². The van der Waals surface area contributed by atoms with Crippen LogP contribution in [0.25, 0.3) is 0 Å². The summed E-state index contributed by atoms with van der Waals surface area (Å²) in [5.41, 5.74) is 5.44. The van der Waals surface area contributed by atoms with Gasteiger partial charge >= 0.3 is 6.03 Å². The number of nitrogens with two attached hydrogens (primary N) is 1. The molecule has 1 saturated heterocycles. The van der Waals surface area contributed by atoms with Gasteiger partial charge in [-0.2, -0.15) is 9.64 Å². The van der Waals surface area contributed by atoms with E-state index in [1.54, 1.807) is 11.8 Å². The molecule has 1 saturated carbocycles.